The minimum Gasteiger partial charge on any atom is -0.320 e. The molecule has 0 aliphatic heterocycles. The number of benzene rings is 1. The van der Waals surface area contributed by atoms with Crippen molar-refractivity contribution in [2.45, 2.75) is 12.5 Å². The molecule has 2 aromatic rings. The molecule has 0 spiro atoms. The Labute approximate surface area is 130 Å². The van der Waals surface area contributed by atoms with E-state index in [1.165, 1.54) is 0 Å². The maximum atomic E-state index is 11.8. The summed E-state index contributed by atoms with van der Waals surface area (Å²) in [5.74, 6) is 0.295. The number of pyridine rings is 1. The average molecular weight is 314 g/mol. The summed E-state index contributed by atoms with van der Waals surface area (Å²) in [5.41, 5.74) is 6.90. The largest absolute Gasteiger partial charge is 0.320 e. The van der Waals surface area contributed by atoms with Crippen LogP contribution in [-0.2, 0) is 11.2 Å². The van der Waals surface area contributed by atoms with Crippen molar-refractivity contribution >= 4 is 36.5 Å². The number of nitrogens with zero attached hydrogens (tertiary/aromatic N) is 1. The van der Waals surface area contributed by atoms with Gasteiger partial charge in [-0.3, -0.25) is 4.79 Å². The summed E-state index contributed by atoms with van der Waals surface area (Å²) in [6.45, 7) is 0. The van der Waals surface area contributed by atoms with Gasteiger partial charge in [-0.25, -0.2) is 4.98 Å². The summed E-state index contributed by atoms with van der Waals surface area (Å²) in [6, 6.07) is 14.5. The van der Waals surface area contributed by atoms with Crippen molar-refractivity contribution < 1.29 is 4.79 Å². The van der Waals surface area contributed by atoms with E-state index in [0.29, 0.717) is 12.2 Å². The summed E-state index contributed by atoms with van der Waals surface area (Å²) >= 11 is 0. The molecule has 0 saturated heterocycles. The van der Waals surface area contributed by atoms with Crippen LogP contribution in [0.4, 0.5) is 5.82 Å². The minimum atomic E-state index is -0.575. The van der Waals surface area contributed by atoms with Gasteiger partial charge in [0.05, 0.1) is 6.04 Å². The fourth-order valence-electron chi connectivity index (χ4n) is 1.62. The molecule has 0 bridgehead atoms. The quantitative estimate of drug-likeness (QED) is 0.911. The van der Waals surface area contributed by atoms with Gasteiger partial charge in [0.15, 0.2) is 0 Å². The fraction of sp³-hybridized carbons (Fsp3) is 0.143. The predicted octanol–water partition coefficient (Wildman–Crippen LogP) is 2.43. The van der Waals surface area contributed by atoms with Gasteiger partial charge in [-0.2, -0.15) is 0 Å². The van der Waals surface area contributed by atoms with Crippen molar-refractivity contribution in [1.82, 2.24) is 4.98 Å². The first kappa shape index (κ1) is 18.4. The van der Waals surface area contributed by atoms with Crippen LogP contribution in [0.25, 0.3) is 0 Å². The van der Waals surface area contributed by atoms with Crippen LogP contribution in [0.1, 0.15) is 5.56 Å². The second-order valence-corrected chi connectivity index (χ2v) is 4.00. The molecule has 2 rings (SSSR count). The summed E-state index contributed by atoms with van der Waals surface area (Å²) in [4.78, 5) is 15.9. The smallest absolute Gasteiger partial charge is 0.242 e. The number of carbonyl (C=O) groups excluding carboxylic acids is 1. The Morgan fingerprint density at radius 3 is 2.35 bits per heavy atom. The summed E-state index contributed by atoms with van der Waals surface area (Å²) in [7, 11) is 0. The van der Waals surface area contributed by atoms with Crippen LogP contribution >= 0.6 is 24.8 Å². The molecule has 0 radical (unpaired) electrons. The normalized spacial score (nSPS) is 10.7. The van der Waals surface area contributed by atoms with E-state index in [0.717, 1.165) is 5.56 Å². The third-order valence-electron chi connectivity index (χ3n) is 2.55. The van der Waals surface area contributed by atoms with Gasteiger partial charge >= 0.3 is 0 Å². The van der Waals surface area contributed by atoms with Crippen molar-refractivity contribution in [3.8, 4) is 0 Å². The molecular weight excluding hydrogens is 297 g/mol. The molecule has 1 atom stereocenters. The van der Waals surface area contributed by atoms with E-state index >= 15 is 0 Å². The molecule has 20 heavy (non-hydrogen) atoms. The lowest BCUT2D eigenvalue weighted by molar-refractivity contribution is -0.117. The third-order valence-corrected chi connectivity index (χ3v) is 2.55. The van der Waals surface area contributed by atoms with Gasteiger partial charge < -0.3 is 11.1 Å². The van der Waals surface area contributed by atoms with Crippen molar-refractivity contribution in [2.24, 2.45) is 5.73 Å². The van der Waals surface area contributed by atoms with E-state index in [2.05, 4.69) is 10.3 Å². The summed E-state index contributed by atoms with van der Waals surface area (Å²) in [6.07, 6.45) is 2.14. The second-order valence-electron chi connectivity index (χ2n) is 4.00. The predicted molar refractivity (Wildman–Crippen MR) is 85.5 cm³/mol. The van der Waals surface area contributed by atoms with E-state index in [-0.39, 0.29) is 30.7 Å². The number of nitrogens with two attached hydrogens (primary N) is 1. The number of halogens is 2. The van der Waals surface area contributed by atoms with Crippen LogP contribution in [0.3, 0.4) is 0 Å². The lowest BCUT2D eigenvalue weighted by Crippen LogP contribution is -2.37. The number of hydrogen-bond donors (Lipinski definition) is 2. The van der Waals surface area contributed by atoms with Crippen molar-refractivity contribution in [1.29, 1.82) is 0 Å². The maximum absolute atomic E-state index is 11.8. The molecule has 0 saturated carbocycles. The first-order chi connectivity index (χ1) is 8.75. The van der Waals surface area contributed by atoms with Crippen LogP contribution < -0.4 is 11.1 Å². The molecule has 0 fully saturated rings. The van der Waals surface area contributed by atoms with Crippen LogP contribution in [0.5, 0.6) is 0 Å². The lowest BCUT2D eigenvalue weighted by atomic mass is 10.1. The zero-order valence-electron chi connectivity index (χ0n) is 10.7. The number of anilines is 1. The van der Waals surface area contributed by atoms with Crippen LogP contribution in [0.2, 0.25) is 0 Å². The van der Waals surface area contributed by atoms with Gasteiger partial charge in [0.1, 0.15) is 5.82 Å². The molecule has 1 heterocycles. The van der Waals surface area contributed by atoms with E-state index < -0.39 is 6.04 Å². The molecule has 108 valence electrons. The molecule has 6 heteroatoms. The number of aromatic nitrogens is 1. The molecule has 4 nitrogen and oxygen atoms in total. The highest BCUT2D eigenvalue weighted by Gasteiger charge is 2.14. The molecule has 0 aliphatic rings. The number of amides is 1. The first-order valence-corrected chi connectivity index (χ1v) is 5.77. The van der Waals surface area contributed by atoms with Crippen LogP contribution in [0, 0.1) is 0 Å². The Balaban J connectivity index is 0.00000180. The lowest BCUT2D eigenvalue weighted by Gasteiger charge is -2.11. The maximum Gasteiger partial charge on any atom is 0.242 e. The van der Waals surface area contributed by atoms with Crippen molar-refractivity contribution in [2.75, 3.05) is 5.32 Å². The summed E-state index contributed by atoms with van der Waals surface area (Å²) < 4.78 is 0. The Kier molecular flexibility index (Phi) is 8.56. The number of hydrogen-bond acceptors (Lipinski definition) is 3. The highest BCUT2D eigenvalue weighted by Crippen LogP contribution is 2.05. The monoisotopic (exact) mass is 313 g/mol. The highest BCUT2D eigenvalue weighted by atomic mass is 35.5. The molecule has 1 aromatic heterocycles. The number of rotatable bonds is 4. The molecule has 1 aromatic carbocycles. The topological polar surface area (TPSA) is 68.0 Å². The third kappa shape index (κ3) is 5.57. The Bertz CT molecular complexity index is 508. The highest BCUT2D eigenvalue weighted by molar-refractivity contribution is 5.94. The molecular formula is C14H17Cl2N3O. The summed E-state index contributed by atoms with van der Waals surface area (Å²) in [5, 5.41) is 2.69. The molecule has 1 unspecified atom stereocenters. The van der Waals surface area contributed by atoms with Gasteiger partial charge in [0, 0.05) is 6.20 Å². The van der Waals surface area contributed by atoms with E-state index in [9.17, 15) is 4.79 Å². The molecule has 0 aliphatic carbocycles. The average Bonchev–Trinajstić information content (AvgIpc) is 2.41. The Hall–Kier alpha value is -1.62. The van der Waals surface area contributed by atoms with Crippen LogP contribution in [-0.4, -0.2) is 16.9 Å². The zero-order chi connectivity index (χ0) is 12.8. The van der Waals surface area contributed by atoms with Gasteiger partial charge in [-0.15, -0.1) is 24.8 Å². The fourth-order valence-corrected chi connectivity index (χ4v) is 1.62. The van der Waals surface area contributed by atoms with Gasteiger partial charge in [0.2, 0.25) is 5.91 Å². The van der Waals surface area contributed by atoms with E-state index in [4.69, 9.17) is 5.73 Å². The van der Waals surface area contributed by atoms with Crippen LogP contribution in [0.15, 0.2) is 54.7 Å². The number of nitrogens with one attached hydrogen (secondary N) is 1. The molecule has 3 N–H and O–H groups in total. The van der Waals surface area contributed by atoms with Crippen molar-refractivity contribution in [3.63, 3.8) is 0 Å². The zero-order valence-corrected chi connectivity index (χ0v) is 12.4. The minimum absolute atomic E-state index is 0. The van der Waals surface area contributed by atoms with E-state index in [1.54, 1.807) is 18.3 Å². The SMILES string of the molecule is Cl.Cl.NC(Cc1ccccc1)C(=O)Nc1ccccn1. The van der Waals surface area contributed by atoms with Crippen molar-refractivity contribution in [3.05, 3.63) is 60.3 Å². The number of carbonyl (C=O) groups is 1. The Morgan fingerprint density at radius 1 is 1.10 bits per heavy atom. The Morgan fingerprint density at radius 2 is 1.75 bits per heavy atom. The van der Waals surface area contributed by atoms with E-state index in [1.807, 2.05) is 36.4 Å². The van der Waals surface area contributed by atoms with Gasteiger partial charge in [-0.1, -0.05) is 36.4 Å². The van der Waals surface area contributed by atoms with Gasteiger partial charge in [-0.05, 0) is 24.1 Å². The standard InChI is InChI=1S/C14H15N3O.2ClH/c15-12(10-11-6-2-1-3-7-11)14(18)17-13-8-4-5-9-16-13;;/h1-9,12H,10,15H2,(H,16,17,18);2*1H. The first-order valence-electron chi connectivity index (χ1n) is 5.77. The second kappa shape index (κ2) is 9.31. The molecule has 1 amide bonds. The van der Waals surface area contributed by atoms with Gasteiger partial charge in [0.25, 0.3) is 0 Å².